The van der Waals surface area contributed by atoms with E-state index in [0.29, 0.717) is 11.1 Å². The third kappa shape index (κ3) is 2.79. The van der Waals surface area contributed by atoms with E-state index in [4.69, 9.17) is 0 Å². The van der Waals surface area contributed by atoms with Crippen molar-refractivity contribution in [2.24, 2.45) is 5.92 Å². The first-order valence-corrected chi connectivity index (χ1v) is 9.13. The smallest absolute Gasteiger partial charge is 0.270 e. The number of hydrogen-bond donors (Lipinski definition) is 2. The Bertz CT molecular complexity index is 999. The number of rotatable bonds is 3. The average Bonchev–Trinajstić information content (AvgIpc) is 3.16. The van der Waals surface area contributed by atoms with Gasteiger partial charge in [-0.05, 0) is 30.0 Å². The van der Waals surface area contributed by atoms with Gasteiger partial charge in [0.05, 0.1) is 22.2 Å². The first-order chi connectivity index (χ1) is 13.4. The number of phenols is 1. The minimum absolute atomic E-state index is 0.00798. The van der Waals surface area contributed by atoms with Crippen LogP contribution in [0.2, 0.25) is 0 Å². The molecule has 0 aromatic heterocycles. The van der Waals surface area contributed by atoms with Crippen molar-refractivity contribution in [2.45, 2.75) is 18.4 Å². The van der Waals surface area contributed by atoms with Gasteiger partial charge in [0, 0.05) is 37.7 Å². The highest BCUT2D eigenvalue weighted by Crippen LogP contribution is 2.52. The van der Waals surface area contributed by atoms with Crippen LogP contribution in [0.1, 0.15) is 39.9 Å². The lowest BCUT2D eigenvalue weighted by Crippen LogP contribution is -2.32. The number of anilines is 1. The lowest BCUT2D eigenvalue weighted by Gasteiger charge is -2.38. The highest BCUT2D eigenvalue weighted by Gasteiger charge is 2.40. The van der Waals surface area contributed by atoms with Crippen LogP contribution < -0.4 is 5.32 Å². The highest BCUT2D eigenvalue weighted by molar-refractivity contribution is 6.00. The van der Waals surface area contributed by atoms with Crippen LogP contribution in [0.3, 0.4) is 0 Å². The molecule has 0 saturated heterocycles. The van der Waals surface area contributed by atoms with E-state index < -0.39 is 4.92 Å². The van der Waals surface area contributed by atoms with Gasteiger partial charge in [-0.3, -0.25) is 14.9 Å². The molecule has 0 saturated carbocycles. The molecule has 7 heteroatoms. The van der Waals surface area contributed by atoms with Crippen molar-refractivity contribution in [1.82, 2.24) is 4.90 Å². The van der Waals surface area contributed by atoms with Crippen LogP contribution >= 0.6 is 0 Å². The van der Waals surface area contributed by atoms with E-state index >= 15 is 0 Å². The minimum Gasteiger partial charge on any atom is -0.508 e. The van der Waals surface area contributed by atoms with Gasteiger partial charge in [0.2, 0.25) is 0 Å². The van der Waals surface area contributed by atoms with Gasteiger partial charge in [-0.15, -0.1) is 0 Å². The quantitative estimate of drug-likeness (QED) is 0.480. The largest absolute Gasteiger partial charge is 0.508 e. The number of carbonyl (C=O) groups excluding carboxylic acids is 1. The van der Waals surface area contributed by atoms with Crippen LogP contribution in [0.15, 0.2) is 48.6 Å². The van der Waals surface area contributed by atoms with Crippen LogP contribution in [0.25, 0.3) is 0 Å². The van der Waals surface area contributed by atoms with Crippen molar-refractivity contribution in [2.75, 3.05) is 19.4 Å². The molecule has 1 amide bonds. The minimum atomic E-state index is -0.467. The van der Waals surface area contributed by atoms with Crippen molar-refractivity contribution in [1.29, 1.82) is 0 Å². The van der Waals surface area contributed by atoms with E-state index in [0.717, 1.165) is 17.7 Å². The molecule has 1 aliphatic heterocycles. The average molecular weight is 379 g/mol. The SMILES string of the molecule is CN(C)C(=O)c1cccc2c1NC(c1cc([N+](=O)[O-])ccc1O)C1CC=CC21. The number of para-hydroxylation sites is 1. The molecular weight excluding hydrogens is 358 g/mol. The number of carbonyl (C=O) groups is 1. The summed E-state index contributed by atoms with van der Waals surface area (Å²) in [7, 11) is 3.40. The van der Waals surface area contributed by atoms with Crippen molar-refractivity contribution >= 4 is 17.3 Å². The zero-order chi connectivity index (χ0) is 20.0. The van der Waals surface area contributed by atoms with E-state index in [2.05, 4.69) is 17.5 Å². The summed E-state index contributed by atoms with van der Waals surface area (Å²) in [4.78, 5) is 25.0. The lowest BCUT2D eigenvalue weighted by molar-refractivity contribution is -0.385. The molecule has 4 rings (SSSR count). The molecule has 28 heavy (non-hydrogen) atoms. The first-order valence-electron chi connectivity index (χ1n) is 9.13. The number of fused-ring (bicyclic) bond motifs is 3. The summed E-state index contributed by atoms with van der Waals surface area (Å²) in [6, 6.07) is 9.39. The third-order valence-corrected chi connectivity index (χ3v) is 5.59. The summed E-state index contributed by atoms with van der Waals surface area (Å²) in [6.07, 6.45) is 5.00. The number of non-ortho nitro benzene ring substituents is 1. The Kier molecular flexibility index (Phi) is 4.30. The second-order valence-electron chi connectivity index (χ2n) is 7.45. The topological polar surface area (TPSA) is 95.7 Å². The summed E-state index contributed by atoms with van der Waals surface area (Å²) in [5.74, 6) is 0.0698. The first kappa shape index (κ1) is 18.0. The maximum atomic E-state index is 12.7. The number of hydrogen-bond acceptors (Lipinski definition) is 5. The number of nitrogens with zero attached hydrogens (tertiary/aromatic N) is 2. The molecule has 1 heterocycles. The molecule has 1 aliphatic carbocycles. The van der Waals surface area contributed by atoms with Gasteiger partial charge < -0.3 is 15.3 Å². The summed E-state index contributed by atoms with van der Waals surface area (Å²) in [5.41, 5.74) is 2.72. The maximum Gasteiger partial charge on any atom is 0.270 e. The predicted molar refractivity (Wildman–Crippen MR) is 106 cm³/mol. The van der Waals surface area contributed by atoms with Crippen molar-refractivity contribution in [3.63, 3.8) is 0 Å². The third-order valence-electron chi connectivity index (χ3n) is 5.59. The van der Waals surface area contributed by atoms with E-state index in [1.165, 1.54) is 23.1 Å². The molecule has 0 bridgehead atoms. The summed E-state index contributed by atoms with van der Waals surface area (Å²) in [5, 5.41) is 25.1. The van der Waals surface area contributed by atoms with E-state index in [1.54, 1.807) is 20.2 Å². The molecule has 3 unspecified atom stereocenters. The molecule has 2 aromatic rings. The number of nitro benzene ring substituents is 1. The number of nitro groups is 1. The van der Waals surface area contributed by atoms with Gasteiger partial charge in [0.15, 0.2) is 0 Å². The van der Waals surface area contributed by atoms with E-state index in [1.807, 2.05) is 12.1 Å². The molecule has 0 fully saturated rings. The van der Waals surface area contributed by atoms with Crippen LogP contribution in [0.5, 0.6) is 5.75 Å². The number of amides is 1. The molecule has 3 atom stereocenters. The molecule has 2 N–H and O–H groups in total. The Balaban J connectivity index is 1.85. The maximum absolute atomic E-state index is 12.7. The fraction of sp³-hybridized carbons (Fsp3) is 0.286. The number of nitrogens with one attached hydrogen (secondary N) is 1. The monoisotopic (exact) mass is 379 g/mol. The molecular formula is C21H21N3O4. The molecule has 0 spiro atoms. The second-order valence-corrected chi connectivity index (χ2v) is 7.45. The molecule has 7 nitrogen and oxygen atoms in total. The zero-order valence-electron chi connectivity index (χ0n) is 15.6. The van der Waals surface area contributed by atoms with Crippen molar-refractivity contribution in [3.05, 3.63) is 75.4 Å². The molecule has 2 aliphatic rings. The standard InChI is InChI=1S/C21H21N3O4/c1-23(2)21(26)16-8-4-7-14-13-5-3-6-15(13)20(22-19(14)16)17-11-12(24(27)28)9-10-18(17)25/h3-5,7-11,13,15,20,22,25H,6H2,1-2H3. The normalized spacial score (nSPS) is 22.1. The van der Waals surface area contributed by atoms with Gasteiger partial charge in [-0.1, -0.05) is 24.3 Å². The van der Waals surface area contributed by atoms with Gasteiger partial charge in [-0.2, -0.15) is 0 Å². The predicted octanol–water partition coefficient (Wildman–Crippen LogP) is 3.83. The van der Waals surface area contributed by atoms with Gasteiger partial charge in [-0.25, -0.2) is 0 Å². The van der Waals surface area contributed by atoms with Crippen molar-refractivity contribution < 1.29 is 14.8 Å². The molecule has 2 aromatic carbocycles. The Labute approximate surface area is 162 Å². The fourth-order valence-corrected chi connectivity index (χ4v) is 4.25. The Hall–Kier alpha value is -3.35. The summed E-state index contributed by atoms with van der Waals surface area (Å²) >= 11 is 0. The van der Waals surface area contributed by atoms with Crippen LogP contribution in [0, 0.1) is 16.0 Å². The lowest BCUT2D eigenvalue weighted by atomic mass is 9.76. The summed E-state index contributed by atoms with van der Waals surface area (Å²) in [6.45, 7) is 0. The van der Waals surface area contributed by atoms with E-state index in [-0.39, 0.29) is 35.2 Å². The Morgan fingerprint density at radius 3 is 2.75 bits per heavy atom. The van der Waals surface area contributed by atoms with E-state index in [9.17, 15) is 20.0 Å². The Morgan fingerprint density at radius 1 is 1.25 bits per heavy atom. The van der Waals surface area contributed by atoms with Crippen molar-refractivity contribution in [3.8, 4) is 5.75 Å². The van der Waals surface area contributed by atoms with Gasteiger partial charge in [0.25, 0.3) is 11.6 Å². The number of phenolic OH excluding ortho intramolecular Hbond substituents is 1. The Morgan fingerprint density at radius 2 is 2.04 bits per heavy atom. The van der Waals surface area contributed by atoms with Crippen LogP contribution in [-0.2, 0) is 0 Å². The van der Waals surface area contributed by atoms with Gasteiger partial charge in [0.1, 0.15) is 5.75 Å². The second kappa shape index (κ2) is 6.67. The number of allylic oxidation sites excluding steroid dienone is 2. The molecule has 0 radical (unpaired) electrons. The van der Waals surface area contributed by atoms with Crippen LogP contribution in [-0.4, -0.2) is 34.9 Å². The summed E-state index contributed by atoms with van der Waals surface area (Å²) < 4.78 is 0. The zero-order valence-corrected chi connectivity index (χ0v) is 15.6. The number of aromatic hydroxyl groups is 1. The highest BCUT2D eigenvalue weighted by atomic mass is 16.6. The van der Waals surface area contributed by atoms with Crippen LogP contribution in [0.4, 0.5) is 11.4 Å². The number of benzene rings is 2. The van der Waals surface area contributed by atoms with Gasteiger partial charge >= 0.3 is 0 Å². The fourth-order valence-electron chi connectivity index (χ4n) is 4.25. The molecule has 144 valence electrons.